The summed E-state index contributed by atoms with van der Waals surface area (Å²) in [5.41, 5.74) is 6.45. The maximum absolute atomic E-state index is 11.7. The molecule has 0 aliphatic carbocycles. The summed E-state index contributed by atoms with van der Waals surface area (Å²) >= 11 is 0. The van der Waals surface area contributed by atoms with E-state index in [1.807, 2.05) is 0 Å². The van der Waals surface area contributed by atoms with Crippen molar-refractivity contribution in [1.82, 2.24) is 35.3 Å². The Morgan fingerprint density at radius 3 is 2.38 bits per heavy atom. The molecule has 0 saturated carbocycles. The van der Waals surface area contributed by atoms with Crippen molar-refractivity contribution in [1.29, 1.82) is 0 Å². The van der Waals surface area contributed by atoms with E-state index in [4.69, 9.17) is 10.8 Å². The van der Waals surface area contributed by atoms with E-state index in [1.54, 1.807) is 6.20 Å². The molecule has 2 heterocycles. The first-order valence-corrected chi connectivity index (χ1v) is 6.03. The van der Waals surface area contributed by atoms with E-state index >= 15 is 0 Å². The summed E-state index contributed by atoms with van der Waals surface area (Å²) < 4.78 is 2.55. The van der Waals surface area contributed by atoms with Crippen LogP contribution in [-0.4, -0.2) is 47.0 Å². The second-order valence-corrected chi connectivity index (χ2v) is 4.19. The number of aliphatic carboxylic acids is 1. The zero-order valence-electron chi connectivity index (χ0n) is 11.0. The van der Waals surface area contributed by atoms with Gasteiger partial charge in [0.05, 0.1) is 24.6 Å². The summed E-state index contributed by atoms with van der Waals surface area (Å²) in [7, 11) is 0. The van der Waals surface area contributed by atoms with Gasteiger partial charge >= 0.3 is 5.97 Å². The normalized spacial score (nSPS) is 10.5. The monoisotopic (exact) mass is 294 g/mol. The van der Waals surface area contributed by atoms with Crippen LogP contribution in [0.3, 0.4) is 0 Å². The van der Waals surface area contributed by atoms with Crippen molar-refractivity contribution in [2.24, 2.45) is 5.73 Å². The highest BCUT2D eigenvalue weighted by molar-refractivity contribution is 5.75. The van der Waals surface area contributed by atoms with Gasteiger partial charge in [-0.1, -0.05) is 10.4 Å². The quantitative estimate of drug-likeness (QED) is 0.516. The van der Waals surface area contributed by atoms with E-state index < -0.39 is 5.97 Å². The Kier molecular flexibility index (Phi) is 4.56. The van der Waals surface area contributed by atoms with Crippen molar-refractivity contribution in [2.75, 3.05) is 0 Å². The van der Waals surface area contributed by atoms with E-state index in [0.717, 1.165) is 0 Å². The van der Waals surface area contributed by atoms with E-state index in [2.05, 4.69) is 25.9 Å². The Hall–Kier alpha value is -2.82. The lowest BCUT2D eigenvalue weighted by Gasteiger charge is -2.02. The zero-order valence-corrected chi connectivity index (χ0v) is 11.0. The molecule has 0 bridgehead atoms. The fraction of sp³-hybridized carbons (Fsp3) is 0.400. The van der Waals surface area contributed by atoms with Crippen LogP contribution in [0.5, 0.6) is 0 Å². The number of nitrogens with zero attached hydrogens (tertiary/aromatic N) is 6. The van der Waals surface area contributed by atoms with Crippen molar-refractivity contribution < 1.29 is 14.7 Å². The molecule has 2 rings (SSSR count). The molecule has 11 heteroatoms. The van der Waals surface area contributed by atoms with E-state index in [-0.39, 0.29) is 32.1 Å². The van der Waals surface area contributed by atoms with Gasteiger partial charge in [0, 0.05) is 6.54 Å². The minimum absolute atomic E-state index is 0.0102. The van der Waals surface area contributed by atoms with Crippen LogP contribution in [0.2, 0.25) is 0 Å². The highest BCUT2D eigenvalue weighted by atomic mass is 16.4. The molecule has 0 aliphatic heterocycles. The molecule has 0 saturated heterocycles. The SMILES string of the molecule is NCc1cn(CC(=O)NCc2cn(CC(=O)O)nn2)nn1. The Morgan fingerprint density at radius 1 is 1.14 bits per heavy atom. The number of aromatic nitrogens is 6. The van der Waals surface area contributed by atoms with E-state index in [9.17, 15) is 9.59 Å². The minimum atomic E-state index is -1.02. The van der Waals surface area contributed by atoms with Gasteiger partial charge in [-0.2, -0.15) is 0 Å². The maximum Gasteiger partial charge on any atom is 0.325 e. The molecular weight excluding hydrogens is 280 g/mol. The van der Waals surface area contributed by atoms with Crippen molar-refractivity contribution >= 4 is 11.9 Å². The largest absolute Gasteiger partial charge is 0.480 e. The summed E-state index contributed by atoms with van der Waals surface area (Å²) in [6, 6.07) is 0. The number of amides is 1. The predicted molar refractivity (Wildman–Crippen MR) is 67.4 cm³/mol. The van der Waals surface area contributed by atoms with Crippen LogP contribution >= 0.6 is 0 Å². The van der Waals surface area contributed by atoms with E-state index in [1.165, 1.54) is 15.6 Å². The summed E-state index contributed by atoms with van der Waals surface area (Å²) in [6.07, 6.45) is 3.04. The average Bonchev–Trinajstić information content (AvgIpc) is 3.05. The third kappa shape index (κ3) is 4.35. The maximum atomic E-state index is 11.7. The number of hydrogen-bond donors (Lipinski definition) is 3. The van der Waals surface area contributed by atoms with Gasteiger partial charge in [0.2, 0.25) is 5.91 Å². The number of carbonyl (C=O) groups excluding carboxylic acids is 1. The van der Waals surface area contributed by atoms with Crippen LogP contribution in [0, 0.1) is 0 Å². The molecule has 0 fully saturated rings. The molecule has 11 nitrogen and oxygen atoms in total. The Balaban J connectivity index is 1.80. The number of nitrogens with two attached hydrogens (primary N) is 1. The van der Waals surface area contributed by atoms with Gasteiger partial charge in [-0.3, -0.25) is 9.59 Å². The first-order valence-electron chi connectivity index (χ1n) is 6.03. The van der Waals surface area contributed by atoms with Crippen molar-refractivity contribution in [3.63, 3.8) is 0 Å². The number of hydrogen-bond acceptors (Lipinski definition) is 7. The molecule has 0 radical (unpaired) electrons. The molecular formula is C10H14N8O3. The van der Waals surface area contributed by atoms with E-state index in [0.29, 0.717) is 11.4 Å². The van der Waals surface area contributed by atoms with Crippen LogP contribution in [-0.2, 0) is 35.8 Å². The molecule has 1 amide bonds. The number of carboxylic acids is 1. The van der Waals surface area contributed by atoms with Crippen molar-refractivity contribution in [3.8, 4) is 0 Å². The van der Waals surface area contributed by atoms with Crippen LogP contribution in [0.25, 0.3) is 0 Å². The Labute approximate surface area is 118 Å². The number of rotatable bonds is 7. The topological polar surface area (TPSA) is 154 Å². The molecule has 21 heavy (non-hydrogen) atoms. The van der Waals surface area contributed by atoms with Crippen LogP contribution in [0.4, 0.5) is 0 Å². The van der Waals surface area contributed by atoms with Gasteiger partial charge in [-0.15, -0.1) is 10.2 Å². The number of carbonyl (C=O) groups is 2. The first kappa shape index (κ1) is 14.6. The first-order chi connectivity index (χ1) is 10.1. The lowest BCUT2D eigenvalue weighted by atomic mass is 10.4. The van der Waals surface area contributed by atoms with Gasteiger partial charge in [-0.05, 0) is 0 Å². The summed E-state index contributed by atoms with van der Waals surface area (Å²) in [4.78, 5) is 22.2. The number of carboxylic acid groups (broad SMARTS) is 1. The second-order valence-electron chi connectivity index (χ2n) is 4.19. The highest BCUT2D eigenvalue weighted by Crippen LogP contribution is 1.94. The summed E-state index contributed by atoms with van der Waals surface area (Å²) in [6.45, 7) is 0.142. The molecule has 0 unspecified atom stereocenters. The Morgan fingerprint density at radius 2 is 1.76 bits per heavy atom. The van der Waals surface area contributed by atoms with Crippen molar-refractivity contribution in [3.05, 3.63) is 23.8 Å². The molecule has 0 atom stereocenters. The average molecular weight is 294 g/mol. The minimum Gasteiger partial charge on any atom is -0.480 e. The highest BCUT2D eigenvalue weighted by Gasteiger charge is 2.08. The van der Waals surface area contributed by atoms with Crippen LogP contribution < -0.4 is 11.1 Å². The standard InChI is InChI=1S/C10H14N8O3/c11-1-7-3-17(15-13-7)5-9(19)12-2-8-4-18(16-14-8)6-10(20)21/h3-4H,1-2,5-6,11H2,(H,12,19)(H,20,21). The fourth-order valence-electron chi connectivity index (χ4n) is 1.54. The van der Waals surface area contributed by atoms with Crippen molar-refractivity contribution in [2.45, 2.75) is 26.2 Å². The third-order valence-corrected chi connectivity index (χ3v) is 2.45. The molecule has 0 aliphatic rings. The second kappa shape index (κ2) is 6.56. The molecule has 0 aromatic carbocycles. The lowest BCUT2D eigenvalue weighted by molar-refractivity contribution is -0.138. The molecule has 112 valence electrons. The molecule has 4 N–H and O–H groups in total. The summed E-state index contributed by atoms with van der Waals surface area (Å²) in [5, 5.41) is 26.1. The van der Waals surface area contributed by atoms with Gasteiger partial charge in [-0.25, -0.2) is 9.36 Å². The van der Waals surface area contributed by atoms with Crippen LogP contribution in [0.15, 0.2) is 12.4 Å². The summed E-state index contributed by atoms with van der Waals surface area (Å²) in [5.74, 6) is -1.30. The zero-order chi connectivity index (χ0) is 15.2. The van der Waals surface area contributed by atoms with Gasteiger partial charge in [0.1, 0.15) is 18.8 Å². The number of nitrogens with one attached hydrogen (secondary N) is 1. The molecule has 2 aromatic heterocycles. The third-order valence-electron chi connectivity index (χ3n) is 2.45. The molecule has 0 spiro atoms. The van der Waals surface area contributed by atoms with Gasteiger partial charge in [0.15, 0.2) is 0 Å². The van der Waals surface area contributed by atoms with Gasteiger partial charge in [0.25, 0.3) is 0 Å². The Bertz CT molecular complexity index is 634. The lowest BCUT2D eigenvalue weighted by Crippen LogP contribution is -2.27. The van der Waals surface area contributed by atoms with Gasteiger partial charge < -0.3 is 16.2 Å². The molecule has 2 aromatic rings. The van der Waals surface area contributed by atoms with Crippen LogP contribution in [0.1, 0.15) is 11.4 Å². The smallest absolute Gasteiger partial charge is 0.325 e. The predicted octanol–water partition coefficient (Wildman–Crippen LogP) is -2.27. The fourth-order valence-corrected chi connectivity index (χ4v) is 1.54.